The summed E-state index contributed by atoms with van der Waals surface area (Å²) in [6.45, 7) is 7.06. The first kappa shape index (κ1) is 38.5. The van der Waals surface area contributed by atoms with Gasteiger partial charge in [0.2, 0.25) is 0 Å². The third-order valence-electron chi connectivity index (χ3n) is 10.1. The summed E-state index contributed by atoms with van der Waals surface area (Å²) >= 11 is 0. The third-order valence-corrected chi connectivity index (χ3v) is 10.1. The van der Waals surface area contributed by atoms with Crippen molar-refractivity contribution in [3.05, 3.63) is 102 Å². The molecular formula is C42H54O9. The number of aliphatic hydroxyl groups excluding tert-OH is 1. The van der Waals surface area contributed by atoms with E-state index in [0.717, 1.165) is 42.6 Å². The van der Waals surface area contributed by atoms with Gasteiger partial charge in [0, 0.05) is 18.3 Å². The molecular weight excluding hydrogens is 648 g/mol. The minimum Gasteiger partial charge on any atom is -0.489 e. The highest BCUT2D eigenvalue weighted by Gasteiger charge is 2.58. The molecule has 3 aromatic carbocycles. The fourth-order valence-electron chi connectivity index (χ4n) is 7.45. The number of rotatable bonds is 17. The van der Waals surface area contributed by atoms with Gasteiger partial charge < -0.3 is 33.9 Å². The first-order valence-corrected chi connectivity index (χ1v) is 18.3. The summed E-state index contributed by atoms with van der Waals surface area (Å²) in [6, 6.07) is 27.9. The Kier molecular flexibility index (Phi) is 13.7. The minimum atomic E-state index is -1.12. The van der Waals surface area contributed by atoms with Gasteiger partial charge in [-0.05, 0) is 60.4 Å². The summed E-state index contributed by atoms with van der Waals surface area (Å²) in [6.07, 6.45) is 2.30. The van der Waals surface area contributed by atoms with Crippen LogP contribution in [0, 0.1) is 11.3 Å². The zero-order valence-corrected chi connectivity index (χ0v) is 30.2. The number of carboxylic acids is 1. The topological polar surface area (TPSA) is 121 Å². The molecule has 2 aliphatic rings. The van der Waals surface area contributed by atoms with E-state index in [0.29, 0.717) is 32.5 Å². The Labute approximate surface area is 302 Å². The summed E-state index contributed by atoms with van der Waals surface area (Å²) < 4.78 is 31.1. The van der Waals surface area contributed by atoms with Gasteiger partial charge in [-0.2, -0.15) is 0 Å². The molecule has 9 nitrogen and oxygen atoms in total. The first-order chi connectivity index (χ1) is 24.5. The molecule has 0 aromatic heterocycles. The Morgan fingerprint density at radius 2 is 1.57 bits per heavy atom. The van der Waals surface area contributed by atoms with Crippen molar-refractivity contribution < 1.29 is 43.5 Å². The van der Waals surface area contributed by atoms with Crippen molar-refractivity contribution in [2.24, 2.45) is 11.3 Å². The number of hydrogen-bond acceptors (Lipinski definition) is 8. The summed E-state index contributed by atoms with van der Waals surface area (Å²) in [4.78, 5) is 24.9. The van der Waals surface area contributed by atoms with Crippen molar-refractivity contribution in [1.29, 1.82) is 0 Å². The van der Waals surface area contributed by atoms with Crippen LogP contribution in [-0.4, -0.2) is 59.0 Å². The van der Waals surface area contributed by atoms with Gasteiger partial charge in [0.05, 0.1) is 44.4 Å². The first-order valence-electron chi connectivity index (χ1n) is 18.3. The van der Waals surface area contributed by atoms with E-state index < -0.39 is 41.5 Å². The molecule has 0 bridgehead atoms. The molecule has 3 aromatic rings. The van der Waals surface area contributed by atoms with Crippen LogP contribution in [0.1, 0.15) is 88.8 Å². The van der Waals surface area contributed by atoms with Crippen molar-refractivity contribution in [3.8, 4) is 5.75 Å². The van der Waals surface area contributed by atoms with E-state index >= 15 is 0 Å². The predicted molar refractivity (Wildman–Crippen MR) is 193 cm³/mol. The molecule has 51 heavy (non-hydrogen) atoms. The number of aryl methyl sites for hydroxylation is 1. The van der Waals surface area contributed by atoms with Crippen LogP contribution in [0.5, 0.6) is 5.75 Å². The maximum atomic E-state index is 13.1. The molecule has 0 unspecified atom stereocenters. The lowest BCUT2D eigenvalue weighted by Gasteiger charge is -2.57. The lowest BCUT2D eigenvalue weighted by atomic mass is 9.68. The fourth-order valence-corrected chi connectivity index (χ4v) is 7.45. The quantitative estimate of drug-likeness (QED) is 0.108. The maximum Gasteiger partial charge on any atom is 0.308 e. The number of unbranched alkanes of at least 4 members (excludes halogenated alkanes) is 1. The van der Waals surface area contributed by atoms with Crippen LogP contribution in [0.2, 0.25) is 0 Å². The van der Waals surface area contributed by atoms with Crippen LogP contribution in [0.15, 0.2) is 84.9 Å². The number of carbonyl (C=O) groups excluding carboxylic acids is 1. The van der Waals surface area contributed by atoms with E-state index in [1.165, 1.54) is 5.56 Å². The second-order valence-corrected chi connectivity index (χ2v) is 14.9. The number of aliphatic hydroxyl groups is 1. The normalized spacial score (nSPS) is 24.9. The summed E-state index contributed by atoms with van der Waals surface area (Å²) in [7, 11) is 0. The Bertz CT molecular complexity index is 1530. The molecule has 0 amide bonds. The molecule has 2 aliphatic heterocycles. The molecule has 2 heterocycles. The van der Waals surface area contributed by atoms with Gasteiger partial charge in [-0.25, -0.2) is 0 Å². The highest BCUT2D eigenvalue weighted by Crippen LogP contribution is 2.53. The van der Waals surface area contributed by atoms with Crippen molar-refractivity contribution in [2.45, 2.75) is 122 Å². The van der Waals surface area contributed by atoms with Gasteiger partial charge in [-0.3, -0.25) is 9.59 Å². The van der Waals surface area contributed by atoms with Crippen molar-refractivity contribution in [3.63, 3.8) is 0 Å². The van der Waals surface area contributed by atoms with Gasteiger partial charge in [-0.1, -0.05) is 100.0 Å². The largest absolute Gasteiger partial charge is 0.489 e. The maximum absolute atomic E-state index is 13.1. The van der Waals surface area contributed by atoms with Crippen LogP contribution < -0.4 is 4.74 Å². The molecule has 276 valence electrons. The molecule has 2 saturated heterocycles. The van der Waals surface area contributed by atoms with Crippen molar-refractivity contribution in [2.75, 3.05) is 6.61 Å². The molecule has 5 rings (SSSR count). The Morgan fingerprint density at radius 1 is 0.882 bits per heavy atom. The zero-order valence-electron chi connectivity index (χ0n) is 30.2. The number of hydrogen-bond donors (Lipinski definition) is 2. The van der Waals surface area contributed by atoms with Gasteiger partial charge in [0.15, 0.2) is 5.79 Å². The SMILES string of the molecule is C[C@@H]1CC(C)(C)[C@]2(C[C@H](OC(=O)C[C@@H](O)COCc3ccccc3)C[C@@H](CCCCc3cccc(OCc4ccccc4)c3)O2)O[C@H]1CC(=O)O. The molecule has 9 heteroatoms. The van der Waals surface area contributed by atoms with Gasteiger partial charge in [0.25, 0.3) is 0 Å². The molecule has 0 aliphatic carbocycles. The molecule has 1 spiro atoms. The Hall–Kier alpha value is -3.76. The lowest BCUT2D eigenvalue weighted by molar-refractivity contribution is -0.380. The average molecular weight is 703 g/mol. The van der Waals surface area contributed by atoms with Crippen LogP contribution >= 0.6 is 0 Å². The lowest BCUT2D eigenvalue weighted by Crippen LogP contribution is -2.62. The van der Waals surface area contributed by atoms with E-state index in [9.17, 15) is 19.8 Å². The Balaban J connectivity index is 1.18. The average Bonchev–Trinajstić information content (AvgIpc) is 3.09. The Morgan fingerprint density at radius 3 is 2.27 bits per heavy atom. The standard InChI is InChI=1S/C42H54O9/c1-30-25-41(2,3)42(51-38(30)24-39(44)45)26-37(49-40(46)22-34(43)29-47-27-32-14-6-4-7-15-32)23-36(50-42)19-11-10-13-31-18-12-20-35(21-31)48-28-33-16-8-5-9-17-33/h4-9,12,14-18,20-21,30,34,36-38,43H,10-11,13,19,22-29H2,1-3H3,(H,44,45)/t30-,34-,36-,37-,38+,42+/m1/s1. The van der Waals surface area contributed by atoms with Crippen molar-refractivity contribution in [1.82, 2.24) is 0 Å². The molecule has 0 saturated carbocycles. The number of benzene rings is 3. The number of aliphatic carboxylic acids is 1. The molecule has 2 fully saturated rings. The van der Waals surface area contributed by atoms with E-state index in [-0.39, 0.29) is 31.5 Å². The number of esters is 1. The van der Waals surface area contributed by atoms with Crippen LogP contribution in [0.25, 0.3) is 0 Å². The minimum absolute atomic E-state index is 0.0112. The van der Waals surface area contributed by atoms with Gasteiger partial charge >= 0.3 is 11.9 Å². The van der Waals surface area contributed by atoms with E-state index in [1.54, 1.807) is 0 Å². The van der Waals surface area contributed by atoms with Crippen LogP contribution in [-0.2, 0) is 48.2 Å². The van der Waals surface area contributed by atoms with Gasteiger partial charge in [0.1, 0.15) is 18.5 Å². The molecule has 6 atom stereocenters. The smallest absolute Gasteiger partial charge is 0.308 e. The number of carboxylic acid groups (broad SMARTS) is 1. The second kappa shape index (κ2) is 18.1. The third kappa shape index (κ3) is 11.4. The summed E-state index contributed by atoms with van der Waals surface area (Å²) in [5.74, 6) is -1.69. The van der Waals surface area contributed by atoms with E-state index in [1.807, 2.05) is 79.7 Å². The van der Waals surface area contributed by atoms with E-state index in [2.05, 4.69) is 26.0 Å². The predicted octanol–water partition coefficient (Wildman–Crippen LogP) is 7.66. The fraction of sp³-hybridized carbons (Fsp3) is 0.524. The van der Waals surface area contributed by atoms with Crippen LogP contribution in [0.3, 0.4) is 0 Å². The molecule has 0 radical (unpaired) electrons. The summed E-state index contributed by atoms with van der Waals surface area (Å²) in [5.41, 5.74) is 2.84. The van der Waals surface area contributed by atoms with Crippen molar-refractivity contribution >= 4 is 11.9 Å². The number of ether oxygens (including phenoxy) is 5. The monoisotopic (exact) mass is 702 g/mol. The summed E-state index contributed by atoms with van der Waals surface area (Å²) in [5, 5.41) is 20.2. The number of carbonyl (C=O) groups is 2. The van der Waals surface area contributed by atoms with Gasteiger partial charge in [-0.15, -0.1) is 0 Å². The highest BCUT2D eigenvalue weighted by molar-refractivity contribution is 5.70. The molecule has 2 N–H and O–H groups in total. The van der Waals surface area contributed by atoms with E-state index in [4.69, 9.17) is 23.7 Å². The highest BCUT2D eigenvalue weighted by atomic mass is 16.7. The second-order valence-electron chi connectivity index (χ2n) is 14.9. The zero-order chi connectivity index (χ0) is 36.3. The van der Waals surface area contributed by atoms with Crippen LogP contribution in [0.4, 0.5) is 0 Å².